The van der Waals surface area contributed by atoms with Gasteiger partial charge in [-0.3, -0.25) is 0 Å². The predicted octanol–water partition coefficient (Wildman–Crippen LogP) is 6.47. The van der Waals surface area contributed by atoms with Crippen LogP contribution < -0.4 is 0 Å². The molecule has 1 aromatic rings. The molecule has 100 valence electrons. The molecule has 1 saturated carbocycles. The van der Waals surface area contributed by atoms with Gasteiger partial charge in [0.25, 0.3) is 0 Å². The van der Waals surface area contributed by atoms with E-state index in [1.807, 2.05) is 0 Å². The molecular weight excluding hydrogens is 352 g/mol. The van der Waals surface area contributed by atoms with Gasteiger partial charge in [-0.2, -0.15) is 0 Å². The monoisotopic (exact) mass is 372 g/mol. The largest absolute Gasteiger partial charge is 0.0839 e. The summed E-state index contributed by atoms with van der Waals surface area (Å²) in [5.74, 6) is 0.988. The number of benzene rings is 1. The van der Waals surface area contributed by atoms with Crippen molar-refractivity contribution in [3.05, 3.63) is 33.3 Å². The van der Waals surface area contributed by atoms with E-state index in [-0.39, 0.29) is 0 Å². The Bertz CT molecular complexity index is 406. The van der Waals surface area contributed by atoms with E-state index in [9.17, 15) is 0 Å². The fraction of sp³-hybridized carbons (Fsp3) is 0.625. The lowest BCUT2D eigenvalue weighted by molar-refractivity contribution is 0.482. The van der Waals surface area contributed by atoms with Crippen LogP contribution >= 0.6 is 31.9 Å². The van der Waals surface area contributed by atoms with Crippen molar-refractivity contribution in [2.24, 2.45) is 5.92 Å². The van der Waals surface area contributed by atoms with Gasteiger partial charge in [-0.05, 0) is 55.4 Å². The van der Waals surface area contributed by atoms with Gasteiger partial charge < -0.3 is 0 Å². The molecule has 0 saturated heterocycles. The molecule has 0 aliphatic heterocycles. The van der Waals surface area contributed by atoms with Crippen molar-refractivity contribution in [2.45, 2.75) is 57.2 Å². The molecule has 2 rings (SSSR count). The fourth-order valence-electron chi connectivity index (χ4n) is 2.98. The van der Waals surface area contributed by atoms with E-state index in [1.54, 1.807) is 0 Å². The summed E-state index contributed by atoms with van der Waals surface area (Å²) in [5.41, 5.74) is 4.19. The van der Waals surface area contributed by atoms with E-state index in [4.69, 9.17) is 0 Å². The summed E-state index contributed by atoms with van der Waals surface area (Å²) in [6, 6.07) is 4.57. The van der Waals surface area contributed by atoms with Gasteiger partial charge in [0.2, 0.25) is 0 Å². The molecule has 0 bridgehead atoms. The van der Waals surface area contributed by atoms with E-state index >= 15 is 0 Å². The van der Waals surface area contributed by atoms with Crippen molar-refractivity contribution < 1.29 is 0 Å². The van der Waals surface area contributed by atoms with Crippen molar-refractivity contribution in [3.63, 3.8) is 0 Å². The minimum absolute atomic E-state index is 0.518. The van der Waals surface area contributed by atoms with Crippen molar-refractivity contribution in [2.75, 3.05) is 0 Å². The number of hydrogen-bond donors (Lipinski definition) is 0. The van der Waals surface area contributed by atoms with Gasteiger partial charge in [0, 0.05) is 9.30 Å². The Kier molecular flexibility index (Phi) is 5.32. The summed E-state index contributed by atoms with van der Waals surface area (Å²) in [6.45, 7) is 4.38. The van der Waals surface area contributed by atoms with Crippen LogP contribution in [0, 0.1) is 19.8 Å². The molecule has 0 amide bonds. The van der Waals surface area contributed by atoms with Crippen molar-refractivity contribution in [1.29, 1.82) is 0 Å². The van der Waals surface area contributed by atoms with Crippen LogP contribution in [-0.4, -0.2) is 0 Å². The Hall–Kier alpha value is 0.180. The molecule has 1 aliphatic rings. The van der Waals surface area contributed by atoms with Gasteiger partial charge >= 0.3 is 0 Å². The molecule has 0 heterocycles. The fourth-order valence-corrected chi connectivity index (χ4v) is 4.19. The average molecular weight is 374 g/mol. The molecule has 1 aliphatic carbocycles. The Labute approximate surface area is 128 Å². The quantitative estimate of drug-likeness (QED) is 0.530. The molecule has 2 heteroatoms. The predicted molar refractivity (Wildman–Crippen MR) is 86.5 cm³/mol. The Morgan fingerprint density at radius 2 is 1.83 bits per heavy atom. The maximum Gasteiger partial charge on any atom is 0.0398 e. The van der Waals surface area contributed by atoms with Crippen LogP contribution in [0.1, 0.15) is 60.0 Å². The zero-order valence-corrected chi connectivity index (χ0v) is 14.5. The maximum atomic E-state index is 3.89. The van der Waals surface area contributed by atoms with Gasteiger partial charge in [-0.15, -0.1) is 0 Å². The molecule has 0 spiro atoms. The summed E-state index contributed by atoms with van der Waals surface area (Å²) >= 11 is 7.49. The first-order chi connectivity index (χ1) is 8.58. The van der Waals surface area contributed by atoms with Crippen molar-refractivity contribution >= 4 is 31.9 Å². The second-order valence-electron chi connectivity index (χ2n) is 5.65. The molecule has 1 fully saturated rings. The summed E-state index contributed by atoms with van der Waals surface area (Å²) in [6.07, 6.45) is 8.47. The zero-order valence-electron chi connectivity index (χ0n) is 11.3. The topological polar surface area (TPSA) is 0 Å². The molecule has 0 aromatic heterocycles. The average Bonchev–Trinajstić information content (AvgIpc) is 2.84. The van der Waals surface area contributed by atoms with Crippen LogP contribution in [0.15, 0.2) is 16.6 Å². The van der Waals surface area contributed by atoms with Crippen LogP contribution in [0.3, 0.4) is 0 Å². The minimum Gasteiger partial charge on any atom is -0.0839 e. The Balaban J connectivity index is 1.99. The molecule has 1 unspecified atom stereocenters. The highest BCUT2D eigenvalue weighted by atomic mass is 79.9. The van der Waals surface area contributed by atoms with Crippen molar-refractivity contribution in [1.82, 2.24) is 0 Å². The number of aryl methyl sites for hydroxylation is 2. The molecule has 18 heavy (non-hydrogen) atoms. The third kappa shape index (κ3) is 3.60. The van der Waals surface area contributed by atoms with Crippen LogP contribution in [-0.2, 0) is 0 Å². The highest BCUT2D eigenvalue weighted by Crippen LogP contribution is 2.37. The number of halogens is 2. The Morgan fingerprint density at radius 1 is 1.17 bits per heavy atom. The first-order valence-corrected chi connectivity index (χ1v) is 8.69. The highest BCUT2D eigenvalue weighted by Gasteiger charge is 2.18. The van der Waals surface area contributed by atoms with Gasteiger partial charge in [0.05, 0.1) is 0 Å². The van der Waals surface area contributed by atoms with Gasteiger partial charge in [-0.25, -0.2) is 0 Å². The summed E-state index contributed by atoms with van der Waals surface area (Å²) in [4.78, 5) is 0.518. The summed E-state index contributed by atoms with van der Waals surface area (Å²) < 4.78 is 1.22. The van der Waals surface area contributed by atoms with E-state index in [1.165, 1.54) is 59.7 Å². The van der Waals surface area contributed by atoms with E-state index in [2.05, 4.69) is 57.8 Å². The SMILES string of the molecule is Cc1cc(C(Br)CCC2CCCC2)c(C)cc1Br. The van der Waals surface area contributed by atoms with Gasteiger partial charge in [0.15, 0.2) is 0 Å². The maximum absolute atomic E-state index is 3.89. The second kappa shape index (κ2) is 6.56. The molecular formula is C16H22Br2. The molecule has 0 N–H and O–H groups in total. The second-order valence-corrected chi connectivity index (χ2v) is 7.61. The van der Waals surface area contributed by atoms with Crippen LogP contribution in [0.25, 0.3) is 0 Å². The molecule has 1 aromatic carbocycles. The lowest BCUT2D eigenvalue weighted by Gasteiger charge is -2.17. The lowest BCUT2D eigenvalue weighted by Crippen LogP contribution is -1.99. The lowest BCUT2D eigenvalue weighted by atomic mass is 9.95. The third-order valence-corrected chi connectivity index (χ3v) is 5.99. The van der Waals surface area contributed by atoms with Crippen molar-refractivity contribution in [3.8, 4) is 0 Å². The minimum atomic E-state index is 0.518. The number of alkyl halides is 1. The smallest absolute Gasteiger partial charge is 0.0398 e. The van der Waals surface area contributed by atoms with Crippen LogP contribution in [0.5, 0.6) is 0 Å². The van der Waals surface area contributed by atoms with Crippen LogP contribution in [0.2, 0.25) is 0 Å². The van der Waals surface area contributed by atoms with Crippen LogP contribution in [0.4, 0.5) is 0 Å². The van der Waals surface area contributed by atoms with Gasteiger partial charge in [0.1, 0.15) is 0 Å². The van der Waals surface area contributed by atoms with E-state index in [0.29, 0.717) is 4.83 Å². The first-order valence-electron chi connectivity index (χ1n) is 6.98. The summed E-state index contributed by atoms with van der Waals surface area (Å²) in [7, 11) is 0. The van der Waals surface area contributed by atoms with E-state index in [0.717, 1.165) is 5.92 Å². The third-order valence-electron chi connectivity index (χ3n) is 4.19. The van der Waals surface area contributed by atoms with Gasteiger partial charge in [-0.1, -0.05) is 63.6 Å². The molecule has 0 radical (unpaired) electrons. The van der Waals surface area contributed by atoms with E-state index < -0.39 is 0 Å². The highest BCUT2D eigenvalue weighted by molar-refractivity contribution is 9.10. The molecule has 0 nitrogen and oxygen atoms in total. The summed E-state index contributed by atoms with van der Waals surface area (Å²) in [5, 5.41) is 0. The normalized spacial score (nSPS) is 18.2. The number of rotatable bonds is 4. The number of hydrogen-bond acceptors (Lipinski definition) is 0. The Morgan fingerprint density at radius 3 is 2.50 bits per heavy atom. The first kappa shape index (κ1) is 14.6. The zero-order chi connectivity index (χ0) is 13.1. The standard InChI is InChI=1S/C16H22Br2/c1-11-10-16(18)12(2)9-14(11)15(17)8-7-13-5-3-4-6-13/h9-10,13,15H,3-8H2,1-2H3. The molecule has 1 atom stereocenters.